The molecule has 0 spiro atoms. The number of nitrogens with one attached hydrogen (secondary N) is 2. The second kappa shape index (κ2) is 9.32. The van der Waals surface area contributed by atoms with E-state index in [9.17, 15) is 9.59 Å². The Kier molecular flexibility index (Phi) is 6.36. The fraction of sp³-hybridized carbons (Fsp3) is 0.143. The molecule has 0 unspecified atom stereocenters. The minimum Gasteiger partial charge on any atom is -0.492 e. The van der Waals surface area contributed by atoms with Gasteiger partial charge in [-0.2, -0.15) is 0 Å². The summed E-state index contributed by atoms with van der Waals surface area (Å²) in [7, 11) is 1.32. The molecule has 2 N–H and O–H groups in total. The van der Waals surface area contributed by atoms with E-state index in [4.69, 9.17) is 9.47 Å². The molecule has 3 aromatic rings. The third-order valence-corrected chi connectivity index (χ3v) is 3.88. The van der Waals surface area contributed by atoms with Crippen molar-refractivity contribution < 1.29 is 19.1 Å². The minimum atomic E-state index is -0.431. The monoisotopic (exact) mass is 392 g/mol. The van der Waals surface area contributed by atoms with Crippen molar-refractivity contribution >= 4 is 29.1 Å². The van der Waals surface area contributed by atoms with E-state index in [1.807, 2.05) is 13.0 Å². The number of carbonyl (C=O) groups is 2. The van der Waals surface area contributed by atoms with Crippen LogP contribution in [0.1, 0.15) is 27.8 Å². The summed E-state index contributed by atoms with van der Waals surface area (Å²) in [6.45, 7) is 2.36. The van der Waals surface area contributed by atoms with Gasteiger partial charge in [0.25, 0.3) is 5.91 Å². The van der Waals surface area contributed by atoms with Crippen molar-refractivity contribution in [1.82, 2.24) is 9.97 Å². The Hall–Kier alpha value is -3.94. The van der Waals surface area contributed by atoms with Crippen molar-refractivity contribution in [3.8, 4) is 5.75 Å². The van der Waals surface area contributed by atoms with E-state index in [0.717, 1.165) is 0 Å². The number of anilines is 3. The van der Waals surface area contributed by atoms with Crippen LogP contribution >= 0.6 is 0 Å². The van der Waals surface area contributed by atoms with Crippen LogP contribution in [0.4, 0.5) is 17.2 Å². The van der Waals surface area contributed by atoms with Crippen LogP contribution in [-0.2, 0) is 4.74 Å². The molecular formula is C21H20N4O4. The molecule has 2 aromatic carbocycles. The first-order chi connectivity index (χ1) is 14.1. The molecule has 0 aliphatic carbocycles. The standard InChI is InChI=1S/C21H20N4O4/c1-3-29-18-10-5-4-9-16(18)25-20(26)17-12-23-19(13-22-17)24-15-8-6-7-14(11-15)21(27)28-2/h4-13H,3H2,1-2H3,(H,23,24)(H,25,26). The Balaban J connectivity index is 1.69. The van der Waals surface area contributed by atoms with E-state index in [0.29, 0.717) is 35.1 Å². The summed E-state index contributed by atoms with van der Waals surface area (Å²) >= 11 is 0. The zero-order valence-electron chi connectivity index (χ0n) is 16.0. The zero-order chi connectivity index (χ0) is 20.6. The Morgan fingerprint density at radius 3 is 2.59 bits per heavy atom. The van der Waals surface area contributed by atoms with Gasteiger partial charge in [-0.05, 0) is 37.3 Å². The van der Waals surface area contributed by atoms with Crippen molar-refractivity contribution in [3.05, 3.63) is 72.2 Å². The van der Waals surface area contributed by atoms with Gasteiger partial charge in [-0.25, -0.2) is 14.8 Å². The molecule has 0 radical (unpaired) electrons. The number of hydrogen-bond acceptors (Lipinski definition) is 7. The third-order valence-electron chi connectivity index (χ3n) is 3.88. The fourth-order valence-electron chi connectivity index (χ4n) is 2.54. The lowest BCUT2D eigenvalue weighted by atomic mass is 10.2. The topological polar surface area (TPSA) is 102 Å². The Bertz CT molecular complexity index is 1010. The third kappa shape index (κ3) is 5.07. The molecule has 8 heteroatoms. The smallest absolute Gasteiger partial charge is 0.337 e. The summed E-state index contributed by atoms with van der Waals surface area (Å²) in [6, 6.07) is 13.9. The summed E-state index contributed by atoms with van der Waals surface area (Å²) in [5, 5.41) is 5.80. The molecule has 0 fully saturated rings. The summed E-state index contributed by atoms with van der Waals surface area (Å²) < 4.78 is 10.2. The van der Waals surface area contributed by atoms with Crippen LogP contribution in [0.25, 0.3) is 0 Å². The summed E-state index contributed by atoms with van der Waals surface area (Å²) in [4.78, 5) is 32.4. The van der Waals surface area contributed by atoms with E-state index >= 15 is 0 Å². The Labute approximate surface area is 167 Å². The second-order valence-corrected chi connectivity index (χ2v) is 5.87. The molecule has 148 valence electrons. The number of carbonyl (C=O) groups excluding carboxylic acids is 2. The fourth-order valence-corrected chi connectivity index (χ4v) is 2.54. The number of aromatic nitrogens is 2. The second-order valence-electron chi connectivity index (χ2n) is 5.87. The first-order valence-electron chi connectivity index (χ1n) is 8.91. The predicted molar refractivity (Wildman–Crippen MR) is 109 cm³/mol. The average molecular weight is 392 g/mol. The highest BCUT2D eigenvalue weighted by Crippen LogP contribution is 2.24. The van der Waals surface area contributed by atoms with Gasteiger partial charge < -0.3 is 20.1 Å². The summed E-state index contributed by atoms with van der Waals surface area (Å²) in [6.07, 6.45) is 2.80. The van der Waals surface area contributed by atoms with Gasteiger partial charge in [0.1, 0.15) is 17.3 Å². The normalized spacial score (nSPS) is 10.1. The number of para-hydroxylation sites is 2. The van der Waals surface area contributed by atoms with Gasteiger partial charge in [0, 0.05) is 5.69 Å². The van der Waals surface area contributed by atoms with Crippen molar-refractivity contribution in [1.29, 1.82) is 0 Å². The molecule has 0 saturated heterocycles. The lowest BCUT2D eigenvalue weighted by Gasteiger charge is -2.11. The van der Waals surface area contributed by atoms with Crippen molar-refractivity contribution in [2.24, 2.45) is 0 Å². The Morgan fingerprint density at radius 1 is 1.03 bits per heavy atom. The molecular weight excluding hydrogens is 372 g/mol. The minimum absolute atomic E-state index is 0.158. The van der Waals surface area contributed by atoms with Crippen LogP contribution in [0.5, 0.6) is 5.75 Å². The molecule has 1 aromatic heterocycles. The highest BCUT2D eigenvalue weighted by atomic mass is 16.5. The van der Waals surface area contributed by atoms with Crippen LogP contribution < -0.4 is 15.4 Å². The summed E-state index contributed by atoms with van der Waals surface area (Å²) in [5.74, 6) is 0.182. The van der Waals surface area contributed by atoms with Crippen LogP contribution in [-0.4, -0.2) is 35.6 Å². The number of ether oxygens (including phenoxy) is 2. The molecule has 3 rings (SSSR count). The van der Waals surface area contributed by atoms with Crippen LogP contribution in [0.3, 0.4) is 0 Å². The van der Waals surface area contributed by atoms with Gasteiger partial charge in [0.05, 0.1) is 37.4 Å². The summed E-state index contributed by atoms with van der Waals surface area (Å²) in [5.41, 5.74) is 1.77. The van der Waals surface area contributed by atoms with Gasteiger partial charge in [-0.3, -0.25) is 4.79 Å². The Morgan fingerprint density at radius 2 is 1.86 bits per heavy atom. The van der Waals surface area contributed by atoms with E-state index < -0.39 is 11.9 Å². The number of hydrogen-bond donors (Lipinski definition) is 2. The van der Waals surface area contributed by atoms with Crippen molar-refractivity contribution in [3.63, 3.8) is 0 Å². The number of rotatable bonds is 7. The van der Waals surface area contributed by atoms with Gasteiger partial charge in [0.15, 0.2) is 0 Å². The number of methoxy groups -OCH3 is 1. The van der Waals surface area contributed by atoms with Gasteiger partial charge in [0.2, 0.25) is 0 Å². The molecule has 8 nitrogen and oxygen atoms in total. The first-order valence-corrected chi connectivity index (χ1v) is 8.91. The van der Waals surface area contributed by atoms with Crippen molar-refractivity contribution in [2.45, 2.75) is 6.92 Å². The number of amides is 1. The number of benzene rings is 2. The first kappa shape index (κ1) is 19.8. The van der Waals surface area contributed by atoms with Crippen LogP contribution in [0.2, 0.25) is 0 Å². The van der Waals surface area contributed by atoms with E-state index in [1.165, 1.54) is 19.5 Å². The lowest BCUT2D eigenvalue weighted by Crippen LogP contribution is -2.15. The van der Waals surface area contributed by atoms with E-state index in [2.05, 4.69) is 20.6 Å². The van der Waals surface area contributed by atoms with Gasteiger partial charge >= 0.3 is 5.97 Å². The maximum atomic E-state index is 12.5. The molecule has 0 saturated carbocycles. The van der Waals surface area contributed by atoms with Crippen LogP contribution in [0, 0.1) is 0 Å². The van der Waals surface area contributed by atoms with Gasteiger partial charge in [-0.15, -0.1) is 0 Å². The molecule has 0 bridgehead atoms. The zero-order valence-corrected chi connectivity index (χ0v) is 16.0. The average Bonchev–Trinajstić information content (AvgIpc) is 2.75. The molecule has 0 aliphatic heterocycles. The lowest BCUT2D eigenvalue weighted by molar-refractivity contribution is 0.0600. The van der Waals surface area contributed by atoms with E-state index in [1.54, 1.807) is 42.5 Å². The highest BCUT2D eigenvalue weighted by molar-refractivity contribution is 6.03. The van der Waals surface area contributed by atoms with Crippen LogP contribution in [0.15, 0.2) is 60.9 Å². The molecule has 0 aliphatic rings. The largest absolute Gasteiger partial charge is 0.492 e. The number of nitrogens with zero attached hydrogens (tertiary/aromatic N) is 2. The molecule has 0 atom stereocenters. The predicted octanol–water partition coefficient (Wildman–Crippen LogP) is 3.66. The SMILES string of the molecule is CCOc1ccccc1NC(=O)c1cnc(Nc2cccc(C(=O)OC)c2)cn1. The molecule has 1 amide bonds. The molecule has 1 heterocycles. The maximum Gasteiger partial charge on any atom is 0.337 e. The highest BCUT2D eigenvalue weighted by Gasteiger charge is 2.12. The van der Waals surface area contributed by atoms with E-state index in [-0.39, 0.29) is 5.69 Å². The molecule has 29 heavy (non-hydrogen) atoms. The quantitative estimate of drug-likeness (QED) is 0.592. The van der Waals surface area contributed by atoms with Crippen molar-refractivity contribution in [2.75, 3.05) is 24.4 Å². The number of esters is 1. The van der Waals surface area contributed by atoms with Gasteiger partial charge in [-0.1, -0.05) is 18.2 Å². The maximum absolute atomic E-state index is 12.5.